The summed E-state index contributed by atoms with van der Waals surface area (Å²) in [7, 11) is 0. The SMILES string of the molecule is O=C(O)C1CCC(CNC(=O)N2CCC(CCO)C2)O1. The molecule has 3 unspecified atom stereocenters. The molecule has 0 aliphatic carbocycles. The number of ether oxygens (including phenoxy) is 1. The van der Waals surface area contributed by atoms with Crippen molar-refractivity contribution in [3.05, 3.63) is 0 Å². The highest BCUT2D eigenvalue weighted by molar-refractivity contribution is 5.74. The number of carboxylic acid groups (broad SMARTS) is 1. The number of aliphatic carboxylic acids is 1. The maximum atomic E-state index is 11.9. The van der Waals surface area contributed by atoms with Crippen LogP contribution >= 0.6 is 0 Å². The number of hydrogen-bond donors (Lipinski definition) is 3. The summed E-state index contributed by atoms with van der Waals surface area (Å²) in [6.45, 7) is 1.89. The first-order valence-corrected chi connectivity index (χ1v) is 7.12. The summed E-state index contributed by atoms with van der Waals surface area (Å²) in [5.41, 5.74) is 0. The quantitative estimate of drug-likeness (QED) is 0.662. The van der Waals surface area contributed by atoms with Gasteiger partial charge in [0.15, 0.2) is 6.10 Å². The van der Waals surface area contributed by atoms with Crippen molar-refractivity contribution in [3.8, 4) is 0 Å². The number of rotatable bonds is 5. The van der Waals surface area contributed by atoms with Crippen molar-refractivity contribution in [2.45, 2.75) is 37.9 Å². The average Bonchev–Trinajstić information content (AvgIpc) is 3.05. The number of nitrogens with one attached hydrogen (secondary N) is 1. The van der Waals surface area contributed by atoms with E-state index in [1.807, 2.05) is 0 Å². The minimum atomic E-state index is -0.940. The molecule has 2 fully saturated rings. The van der Waals surface area contributed by atoms with Crippen LogP contribution in [-0.2, 0) is 9.53 Å². The van der Waals surface area contributed by atoms with E-state index in [9.17, 15) is 9.59 Å². The molecule has 0 aromatic heterocycles. The second-order valence-corrected chi connectivity index (χ2v) is 5.46. The van der Waals surface area contributed by atoms with Gasteiger partial charge in [-0.1, -0.05) is 0 Å². The van der Waals surface area contributed by atoms with Crippen LogP contribution in [-0.4, -0.2) is 65.6 Å². The van der Waals surface area contributed by atoms with Crippen LogP contribution in [0, 0.1) is 5.92 Å². The highest BCUT2D eigenvalue weighted by Gasteiger charge is 2.31. The number of carbonyl (C=O) groups is 2. The van der Waals surface area contributed by atoms with Crippen molar-refractivity contribution in [2.75, 3.05) is 26.2 Å². The number of carbonyl (C=O) groups excluding carboxylic acids is 1. The number of urea groups is 1. The molecule has 3 N–H and O–H groups in total. The average molecular weight is 286 g/mol. The van der Waals surface area contributed by atoms with Crippen molar-refractivity contribution in [1.29, 1.82) is 0 Å². The van der Waals surface area contributed by atoms with E-state index in [4.69, 9.17) is 14.9 Å². The van der Waals surface area contributed by atoms with Gasteiger partial charge in [0.1, 0.15) is 0 Å². The Bertz CT molecular complexity index is 363. The van der Waals surface area contributed by atoms with Crippen LogP contribution in [0.5, 0.6) is 0 Å². The van der Waals surface area contributed by atoms with Crippen LogP contribution in [0.25, 0.3) is 0 Å². The normalized spacial score (nSPS) is 29.6. The standard InChI is InChI=1S/C13H22N2O5/c16-6-4-9-3-5-15(8-9)13(19)14-7-10-1-2-11(20-10)12(17)18/h9-11,16H,1-8H2,(H,14,19)(H,17,18). The third-order valence-electron chi connectivity index (χ3n) is 3.97. The fraction of sp³-hybridized carbons (Fsp3) is 0.846. The summed E-state index contributed by atoms with van der Waals surface area (Å²) >= 11 is 0. The lowest BCUT2D eigenvalue weighted by Gasteiger charge is -2.19. The van der Waals surface area contributed by atoms with Gasteiger partial charge < -0.3 is 25.2 Å². The number of carboxylic acids is 1. The first kappa shape index (κ1) is 15.1. The van der Waals surface area contributed by atoms with Crippen LogP contribution < -0.4 is 5.32 Å². The monoisotopic (exact) mass is 286 g/mol. The van der Waals surface area contributed by atoms with Crippen LogP contribution in [0.15, 0.2) is 0 Å². The number of aliphatic hydroxyl groups is 1. The van der Waals surface area contributed by atoms with E-state index in [1.54, 1.807) is 4.90 Å². The van der Waals surface area contributed by atoms with Crippen LogP contribution in [0.3, 0.4) is 0 Å². The number of nitrogens with zero attached hydrogens (tertiary/aromatic N) is 1. The molecular weight excluding hydrogens is 264 g/mol. The summed E-state index contributed by atoms with van der Waals surface area (Å²) in [4.78, 5) is 24.4. The Morgan fingerprint density at radius 3 is 2.75 bits per heavy atom. The van der Waals surface area contributed by atoms with Gasteiger partial charge in [-0.3, -0.25) is 0 Å². The second-order valence-electron chi connectivity index (χ2n) is 5.46. The fourth-order valence-corrected chi connectivity index (χ4v) is 2.79. The molecule has 2 heterocycles. The van der Waals surface area contributed by atoms with E-state index in [0.717, 1.165) is 12.8 Å². The maximum Gasteiger partial charge on any atom is 0.332 e. The van der Waals surface area contributed by atoms with E-state index in [-0.39, 0.29) is 18.7 Å². The molecule has 0 aromatic carbocycles. The minimum absolute atomic E-state index is 0.132. The largest absolute Gasteiger partial charge is 0.479 e. The smallest absolute Gasteiger partial charge is 0.332 e. The molecule has 20 heavy (non-hydrogen) atoms. The van der Waals surface area contributed by atoms with Crippen molar-refractivity contribution >= 4 is 12.0 Å². The minimum Gasteiger partial charge on any atom is -0.479 e. The topological polar surface area (TPSA) is 99.1 Å². The predicted molar refractivity (Wildman–Crippen MR) is 70.3 cm³/mol. The Kier molecular flexibility index (Phi) is 5.19. The molecule has 7 heteroatoms. The molecule has 2 aliphatic rings. The molecular formula is C13H22N2O5. The summed E-state index contributed by atoms with van der Waals surface area (Å²) in [5.74, 6) is -0.560. The fourth-order valence-electron chi connectivity index (χ4n) is 2.79. The zero-order valence-electron chi connectivity index (χ0n) is 11.5. The Morgan fingerprint density at radius 1 is 1.30 bits per heavy atom. The molecule has 114 valence electrons. The van der Waals surface area contributed by atoms with Gasteiger partial charge in [-0.2, -0.15) is 0 Å². The summed E-state index contributed by atoms with van der Waals surface area (Å²) in [6, 6.07) is -0.132. The number of amides is 2. The number of aliphatic hydroxyl groups excluding tert-OH is 1. The van der Waals surface area contributed by atoms with Gasteiger partial charge >= 0.3 is 12.0 Å². The van der Waals surface area contributed by atoms with Gasteiger partial charge in [-0.15, -0.1) is 0 Å². The highest BCUT2D eigenvalue weighted by Crippen LogP contribution is 2.21. The third kappa shape index (κ3) is 3.83. The summed E-state index contributed by atoms with van der Waals surface area (Å²) in [5, 5.41) is 20.5. The van der Waals surface area contributed by atoms with Crippen molar-refractivity contribution < 1.29 is 24.5 Å². The van der Waals surface area contributed by atoms with E-state index in [0.29, 0.717) is 38.4 Å². The molecule has 2 rings (SSSR count). The van der Waals surface area contributed by atoms with Gasteiger partial charge in [0.25, 0.3) is 0 Å². The molecule has 7 nitrogen and oxygen atoms in total. The highest BCUT2D eigenvalue weighted by atomic mass is 16.5. The summed E-state index contributed by atoms with van der Waals surface area (Å²) < 4.78 is 5.33. The van der Waals surface area contributed by atoms with Crippen LogP contribution in [0.4, 0.5) is 4.79 Å². The maximum absolute atomic E-state index is 11.9. The van der Waals surface area contributed by atoms with E-state index >= 15 is 0 Å². The van der Waals surface area contributed by atoms with Gasteiger partial charge in [-0.05, 0) is 31.6 Å². The molecule has 2 aliphatic heterocycles. The number of likely N-dealkylation sites (tertiary alicyclic amines) is 1. The molecule has 2 saturated heterocycles. The van der Waals surface area contributed by atoms with E-state index in [1.165, 1.54) is 0 Å². The lowest BCUT2D eigenvalue weighted by atomic mass is 10.1. The van der Waals surface area contributed by atoms with Crippen LogP contribution in [0.2, 0.25) is 0 Å². The molecule has 2 amide bonds. The molecule has 0 spiro atoms. The van der Waals surface area contributed by atoms with E-state index < -0.39 is 12.1 Å². The second kappa shape index (κ2) is 6.90. The zero-order chi connectivity index (χ0) is 14.5. The van der Waals surface area contributed by atoms with Crippen LogP contribution in [0.1, 0.15) is 25.7 Å². The Hall–Kier alpha value is -1.34. The zero-order valence-corrected chi connectivity index (χ0v) is 11.5. The molecule has 0 saturated carbocycles. The van der Waals surface area contributed by atoms with Crippen molar-refractivity contribution in [2.24, 2.45) is 5.92 Å². The lowest BCUT2D eigenvalue weighted by molar-refractivity contribution is -0.149. The number of hydrogen-bond acceptors (Lipinski definition) is 4. The van der Waals surface area contributed by atoms with Gasteiger partial charge in [-0.25, -0.2) is 9.59 Å². The lowest BCUT2D eigenvalue weighted by Crippen LogP contribution is -2.42. The van der Waals surface area contributed by atoms with E-state index in [2.05, 4.69) is 5.32 Å². The van der Waals surface area contributed by atoms with Crippen molar-refractivity contribution in [3.63, 3.8) is 0 Å². The molecule has 0 radical (unpaired) electrons. The molecule has 0 aromatic rings. The molecule has 0 bridgehead atoms. The van der Waals surface area contributed by atoms with Gasteiger partial charge in [0, 0.05) is 26.2 Å². The van der Waals surface area contributed by atoms with Crippen molar-refractivity contribution in [1.82, 2.24) is 10.2 Å². The first-order chi connectivity index (χ1) is 9.60. The first-order valence-electron chi connectivity index (χ1n) is 7.12. The molecule has 3 atom stereocenters. The Labute approximate surface area is 117 Å². The Morgan fingerprint density at radius 2 is 2.10 bits per heavy atom. The Balaban J connectivity index is 1.67. The van der Waals surface area contributed by atoms with Gasteiger partial charge in [0.2, 0.25) is 0 Å². The van der Waals surface area contributed by atoms with Gasteiger partial charge in [0.05, 0.1) is 6.10 Å². The third-order valence-corrected chi connectivity index (χ3v) is 3.97. The summed E-state index contributed by atoms with van der Waals surface area (Å²) in [6.07, 6.45) is 1.86. The predicted octanol–water partition coefficient (Wildman–Crippen LogP) is 0.0325.